The zero-order valence-electron chi connectivity index (χ0n) is 17.7. The number of nitrogens with zero attached hydrogens (tertiary/aromatic N) is 5. The summed E-state index contributed by atoms with van der Waals surface area (Å²) in [5, 5.41) is 4.07. The second-order valence-corrected chi connectivity index (χ2v) is 8.58. The Morgan fingerprint density at radius 1 is 1.10 bits per heavy atom. The van der Waals surface area contributed by atoms with E-state index in [9.17, 15) is 4.39 Å². The average Bonchev–Trinajstić information content (AvgIpc) is 3.19. The van der Waals surface area contributed by atoms with E-state index in [-0.39, 0.29) is 17.3 Å². The van der Waals surface area contributed by atoms with Crippen LogP contribution in [-0.4, -0.2) is 38.8 Å². The molecule has 0 amide bonds. The van der Waals surface area contributed by atoms with Crippen LogP contribution in [0.5, 0.6) is 5.88 Å². The molecule has 1 aliphatic rings. The first-order valence-corrected chi connectivity index (χ1v) is 10.2. The Labute approximate surface area is 175 Å². The van der Waals surface area contributed by atoms with Gasteiger partial charge in [-0.15, -0.1) is 0 Å². The van der Waals surface area contributed by atoms with Crippen molar-refractivity contribution in [3.8, 4) is 17.3 Å². The van der Waals surface area contributed by atoms with E-state index in [0.717, 1.165) is 43.0 Å². The molecule has 0 atom stereocenters. The third-order valence-electron chi connectivity index (χ3n) is 4.93. The van der Waals surface area contributed by atoms with Crippen LogP contribution >= 0.6 is 0 Å². The van der Waals surface area contributed by atoms with Crippen molar-refractivity contribution in [2.45, 2.75) is 52.1 Å². The summed E-state index contributed by atoms with van der Waals surface area (Å²) in [6.07, 6.45) is 3.44. The molecule has 7 nitrogen and oxygen atoms in total. The van der Waals surface area contributed by atoms with E-state index in [1.165, 1.54) is 12.1 Å². The summed E-state index contributed by atoms with van der Waals surface area (Å²) in [6, 6.07) is 6.09. The molecule has 0 bridgehead atoms. The van der Waals surface area contributed by atoms with Crippen molar-refractivity contribution in [3.63, 3.8) is 0 Å². The molecule has 4 rings (SSSR count). The van der Waals surface area contributed by atoms with E-state index in [1.807, 2.05) is 27.7 Å². The minimum absolute atomic E-state index is 0.174. The van der Waals surface area contributed by atoms with Gasteiger partial charge in [0, 0.05) is 24.6 Å². The topological polar surface area (TPSA) is 77.2 Å². The SMILES string of the molecule is Cc1cnc(OC(C)(C)C)c(N2CCC(c3nc(-c4ccc(F)cc4)no3)CC2)n1. The van der Waals surface area contributed by atoms with Crippen LogP contribution in [-0.2, 0) is 0 Å². The lowest BCUT2D eigenvalue weighted by molar-refractivity contribution is 0.124. The highest BCUT2D eigenvalue weighted by molar-refractivity contribution is 5.54. The van der Waals surface area contributed by atoms with Gasteiger partial charge in [0.2, 0.25) is 11.7 Å². The molecule has 0 spiro atoms. The van der Waals surface area contributed by atoms with Crippen molar-refractivity contribution in [1.82, 2.24) is 20.1 Å². The molecule has 0 aliphatic carbocycles. The zero-order chi connectivity index (χ0) is 21.3. The van der Waals surface area contributed by atoms with E-state index in [1.54, 1.807) is 18.3 Å². The summed E-state index contributed by atoms with van der Waals surface area (Å²) >= 11 is 0. The monoisotopic (exact) mass is 411 g/mol. The molecule has 0 radical (unpaired) electrons. The Kier molecular flexibility index (Phi) is 5.40. The van der Waals surface area contributed by atoms with Crippen LogP contribution in [0.2, 0.25) is 0 Å². The standard InChI is InChI=1S/C22H26FN5O2/c1-14-13-24-21(29-22(2,3)4)19(25-14)28-11-9-16(10-12-28)20-26-18(27-30-20)15-5-7-17(23)8-6-15/h5-8,13,16H,9-12H2,1-4H3. The molecule has 1 aliphatic heterocycles. The van der Waals surface area contributed by atoms with Gasteiger partial charge in [-0.3, -0.25) is 0 Å². The van der Waals surface area contributed by atoms with Gasteiger partial charge in [-0.25, -0.2) is 14.4 Å². The fourth-order valence-corrected chi connectivity index (χ4v) is 3.48. The van der Waals surface area contributed by atoms with Gasteiger partial charge in [-0.05, 0) is 64.8 Å². The lowest BCUT2D eigenvalue weighted by Crippen LogP contribution is -2.35. The summed E-state index contributed by atoms with van der Waals surface area (Å²) in [7, 11) is 0. The van der Waals surface area contributed by atoms with Crippen LogP contribution in [0.3, 0.4) is 0 Å². The number of benzene rings is 1. The minimum Gasteiger partial charge on any atom is -0.469 e. The van der Waals surface area contributed by atoms with Crippen molar-refractivity contribution < 1.29 is 13.7 Å². The fourth-order valence-electron chi connectivity index (χ4n) is 3.48. The second kappa shape index (κ2) is 8.01. The van der Waals surface area contributed by atoms with Gasteiger partial charge in [0.15, 0.2) is 5.82 Å². The summed E-state index contributed by atoms with van der Waals surface area (Å²) in [5.74, 6) is 2.33. The Balaban J connectivity index is 1.46. The highest BCUT2D eigenvalue weighted by Gasteiger charge is 2.29. The molecule has 0 saturated carbocycles. The smallest absolute Gasteiger partial charge is 0.258 e. The van der Waals surface area contributed by atoms with Gasteiger partial charge < -0.3 is 14.2 Å². The Hall–Kier alpha value is -3.03. The lowest BCUT2D eigenvalue weighted by atomic mass is 9.97. The number of anilines is 1. The molecule has 0 N–H and O–H groups in total. The fraction of sp³-hybridized carbons (Fsp3) is 0.455. The first-order chi connectivity index (χ1) is 14.3. The van der Waals surface area contributed by atoms with Gasteiger partial charge in [0.25, 0.3) is 5.88 Å². The first kappa shape index (κ1) is 20.3. The van der Waals surface area contributed by atoms with Crippen LogP contribution < -0.4 is 9.64 Å². The first-order valence-electron chi connectivity index (χ1n) is 10.2. The Morgan fingerprint density at radius 2 is 1.80 bits per heavy atom. The minimum atomic E-state index is -0.350. The van der Waals surface area contributed by atoms with Crippen molar-refractivity contribution >= 4 is 5.82 Å². The number of hydrogen-bond donors (Lipinski definition) is 0. The number of rotatable bonds is 4. The maximum atomic E-state index is 13.1. The summed E-state index contributed by atoms with van der Waals surface area (Å²) in [5.41, 5.74) is 1.24. The summed E-state index contributed by atoms with van der Waals surface area (Å²) in [4.78, 5) is 15.9. The molecule has 3 aromatic rings. The molecule has 30 heavy (non-hydrogen) atoms. The van der Waals surface area contributed by atoms with Crippen LogP contribution in [0.1, 0.15) is 51.1 Å². The van der Waals surface area contributed by atoms with Crippen molar-refractivity contribution in [2.24, 2.45) is 0 Å². The normalized spacial score (nSPS) is 15.4. The molecule has 2 aromatic heterocycles. The molecule has 0 unspecified atom stereocenters. The lowest BCUT2D eigenvalue weighted by Gasteiger charge is -2.33. The number of hydrogen-bond acceptors (Lipinski definition) is 7. The van der Waals surface area contributed by atoms with E-state index in [2.05, 4.69) is 25.0 Å². The maximum Gasteiger partial charge on any atom is 0.258 e. The number of halogens is 1. The molecule has 3 heterocycles. The predicted octanol–water partition coefficient (Wildman–Crippen LogP) is 4.54. The summed E-state index contributed by atoms with van der Waals surface area (Å²) in [6.45, 7) is 9.51. The third-order valence-corrected chi connectivity index (χ3v) is 4.93. The highest BCUT2D eigenvalue weighted by atomic mass is 19.1. The molecule has 1 saturated heterocycles. The van der Waals surface area contributed by atoms with Gasteiger partial charge >= 0.3 is 0 Å². The molecular weight excluding hydrogens is 385 g/mol. The van der Waals surface area contributed by atoms with E-state index in [0.29, 0.717) is 17.6 Å². The van der Waals surface area contributed by atoms with Crippen LogP contribution in [0, 0.1) is 12.7 Å². The number of ether oxygens (including phenoxy) is 1. The average molecular weight is 411 g/mol. The van der Waals surface area contributed by atoms with Crippen LogP contribution in [0.15, 0.2) is 35.0 Å². The zero-order valence-corrected chi connectivity index (χ0v) is 17.7. The molecule has 158 valence electrons. The second-order valence-electron chi connectivity index (χ2n) is 8.58. The van der Waals surface area contributed by atoms with Crippen molar-refractivity contribution in [1.29, 1.82) is 0 Å². The van der Waals surface area contributed by atoms with Gasteiger partial charge in [0.05, 0.1) is 11.9 Å². The Morgan fingerprint density at radius 3 is 2.47 bits per heavy atom. The van der Waals surface area contributed by atoms with Crippen molar-refractivity contribution in [2.75, 3.05) is 18.0 Å². The molecular formula is C22H26FN5O2. The van der Waals surface area contributed by atoms with Crippen LogP contribution in [0.25, 0.3) is 11.4 Å². The molecule has 1 aromatic carbocycles. The number of piperidine rings is 1. The van der Waals surface area contributed by atoms with Gasteiger partial charge in [-0.1, -0.05) is 5.16 Å². The van der Waals surface area contributed by atoms with Gasteiger partial charge in [-0.2, -0.15) is 4.98 Å². The largest absolute Gasteiger partial charge is 0.469 e. The highest BCUT2D eigenvalue weighted by Crippen LogP contribution is 2.34. The quantitative estimate of drug-likeness (QED) is 0.624. The van der Waals surface area contributed by atoms with E-state index >= 15 is 0 Å². The van der Waals surface area contributed by atoms with E-state index in [4.69, 9.17) is 9.26 Å². The van der Waals surface area contributed by atoms with Gasteiger partial charge in [0.1, 0.15) is 11.4 Å². The predicted molar refractivity (Wildman–Crippen MR) is 111 cm³/mol. The third kappa shape index (κ3) is 4.58. The van der Waals surface area contributed by atoms with Crippen LogP contribution in [0.4, 0.5) is 10.2 Å². The number of aromatic nitrogens is 4. The molecule has 8 heteroatoms. The number of aryl methyl sites for hydroxylation is 1. The Bertz CT molecular complexity index is 1010. The van der Waals surface area contributed by atoms with Crippen molar-refractivity contribution in [3.05, 3.63) is 47.9 Å². The summed E-state index contributed by atoms with van der Waals surface area (Å²) < 4.78 is 24.7. The molecule has 1 fully saturated rings. The van der Waals surface area contributed by atoms with E-state index < -0.39 is 0 Å². The maximum absolute atomic E-state index is 13.1.